The van der Waals surface area contributed by atoms with Crippen molar-refractivity contribution in [3.05, 3.63) is 0 Å². The van der Waals surface area contributed by atoms with Crippen LogP contribution in [0.5, 0.6) is 0 Å². The molecule has 1 aliphatic rings. The van der Waals surface area contributed by atoms with Gasteiger partial charge < -0.3 is 10.5 Å². The number of thioether (sulfide) groups is 1. The second-order valence-corrected chi connectivity index (χ2v) is 4.72. The minimum Gasteiger partial charge on any atom is -0.468 e. The summed E-state index contributed by atoms with van der Waals surface area (Å²) in [6.45, 7) is 0. The molecule has 0 aromatic rings. The lowest BCUT2D eigenvalue weighted by atomic mass is 9.96. The molecule has 0 aliphatic heterocycles. The van der Waals surface area contributed by atoms with E-state index in [1.54, 1.807) is 11.8 Å². The van der Waals surface area contributed by atoms with Gasteiger partial charge in [-0.25, -0.2) is 0 Å². The van der Waals surface area contributed by atoms with Crippen molar-refractivity contribution < 1.29 is 9.53 Å². The van der Waals surface area contributed by atoms with Gasteiger partial charge in [0.2, 0.25) is 0 Å². The lowest BCUT2D eigenvalue weighted by Gasteiger charge is -2.25. The lowest BCUT2D eigenvalue weighted by Crippen LogP contribution is -2.29. The number of carbonyl (C=O) groups excluding carboxylic acids is 1. The molecule has 0 amide bonds. The van der Waals surface area contributed by atoms with E-state index in [1.165, 1.54) is 20.0 Å². The van der Waals surface area contributed by atoms with Gasteiger partial charge in [0.25, 0.3) is 0 Å². The molecule has 13 heavy (non-hydrogen) atoms. The fourth-order valence-electron chi connectivity index (χ4n) is 1.58. The van der Waals surface area contributed by atoms with Gasteiger partial charge in [0.05, 0.1) is 12.9 Å². The first-order chi connectivity index (χ1) is 6.22. The lowest BCUT2D eigenvalue weighted by molar-refractivity contribution is -0.137. The summed E-state index contributed by atoms with van der Waals surface area (Å²) < 4.78 is 4.58. The van der Waals surface area contributed by atoms with Crippen molar-refractivity contribution in [2.45, 2.75) is 37.0 Å². The number of carbonyl (C=O) groups is 1. The van der Waals surface area contributed by atoms with Crippen LogP contribution < -0.4 is 5.73 Å². The smallest absolute Gasteiger partial charge is 0.315 e. The average molecular weight is 203 g/mol. The number of ether oxygens (including phenoxy) is 1. The maximum absolute atomic E-state index is 10.9. The molecule has 0 spiro atoms. The summed E-state index contributed by atoms with van der Waals surface area (Å²) in [4.78, 5) is 10.9. The highest BCUT2D eigenvalue weighted by Gasteiger charge is 2.20. The molecule has 4 heteroatoms. The van der Waals surface area contributed by atoms with Gasteiger partial charge in [0.1, 0.15) is 0 Å². The first-order valence-corrected chi connectivity index (χ1v) is 5.71. The third-order valence-corrected chi connectivity index (χ3v) is 3.63. The minimum absolute atomic E-state index is 0.135. The number of nitrogens with two attached hydrogens (primary N) is 1. The molecule has 0 heterocycles. The molecule has 1 aliphatic carbocycles. The Morgan fingerprint density at radius 1 is 1.62 bits per heavy atom. The van der Waals surface area contributed by atoms with Crippen LogP contribution >= 0.6 is 11.8 Å². The molecular weight excluding hydrogens is 186 g/mol. The van der Waals surface area contributed by atoms with Crippen LogP contribution in [0.4, 0.5) is 0 Å². The highest BCUT2D eigenvalue weighted by atomic mass is 32.2. The summed E-state index contributed by atoms with van der Waals surface area (Å²) in [5, 5.41) is 0.558. The minimum atomic E-state index is -0.135. The van der Waals surface area contributed by atoms with Crippen LogP contribution in [0.25, 0.3) is 0 Å². The Morgan fingerprint density at radius 2 is 2.38 bits per heavy atom. The molecule has 2 N–H and O–H groups in total. The van der Waals surface area contributed by atoms with Crippen molar-refractivity contribution in [2.75, 3.05) is 12.9 Å². The predicted molar refractivity (Wildman–Crippen MR) is 54.7 cm³/mol. The van der Waals surface area contributed by atoms with E-state index < -0.39 is 0 Å². The van der Waals surface area contributed by atoms with E-state index in [4.69, 9.17) is 5.73 Å². The summed E-state index contributed by atoms with van der Waals surface area (Å²) in [6, 6.07) is 0.337. The van der Waals surface area contributed by atoms with Crippen molar-refractivity contribution >= 4 is 17.7 Å². The van der Waals surface area contributed by atoms with Gasteiger partial charge in [-0.3, -0.25) is 4.79 Å². The van der Waals surface area contributed by atoms with E-state index in [0.717, 1.165) is 12.8 Å². The molecule has 2 unspecified atom stereocenters. The molecule has 0 saturated heterocycles. The molecule has 1 saturated carbocycles. The Balaban J connectivity index is 2.17. The highest BCUT2D eigenvalue weighted by Crippen LogP contribution is 2.27. The first-order valence-electron chi connectivity index (χ1n) is 4.66. The number of methoxy groups -OCH3 is 1. The van der Waals surface area contributed by atoms with Crippen molar-refractivity contribution in [1.29, 1.82) is 0 Å². The van der Waals surface area contributed by atoms with Gasteiger partial charge >= 0.3 is 5.97 Å². The Bertz CT molecular complexity index is 175. The Kier molecular flexibility index (Phi) is 4.59. The van der Waals surface area contributed by atoms with Crippen LogP contribution in [0.2, 0.25) is 0 Å². The van der Waals surface area contributed by atoms with E-state index in [-0.39, 0.29) is 5.97 Å². The van der Waals surface area contributed by atoms with Gasteiger partial charge in [-0.2, -0.15) is 0 Å². The molecule has 0 radical (unpaired) electrons. The molecule has 2 atom stereocenters. The van der Waals surface area contributed by atoms with E-state index >= 15 is 0 Å². The zero-order chi connectivity index (χ0) is 9.68. The molecule has 0 bridgehead atoms. The Hall–Kier alpha value is -0.220. The SMILES string of the molecule is COC(=O)CSC1CCCC(N)C1. The number of rotatable bonds is 3. The van der Waals surface area contributed by atoms with Crippen LogP contribution in [0, 0.1) is 0 Å². The summed E-state index contributed by atoms with van der Waals surface area (Å²) in [5.41, 5.74) is 5.83. The van der Waals surface area contributed by atoms with Crippen molar-refractivity contribution in [3.63, 3.8) is 0 Å². The highest BCUT2D eigenvalue weighted by molar-refractivity contribution is 8.00. The summed E-state index contributed by atoms with van der Waals surface area (Å²) in [7, 11) is 1.43. The monoisotopic (exact) mass is 203 g/mol. The van der Waals surface area contributed by atoms with Gasteiger partial charge in [0, 0.05) is 11.3 Å². The molecule has 0 aromatic heterocycles. The Morgan fingerprint density at radius 3 is 3.00 bits per heavy atom. The summed E-state index contributed by atoms with van der Waals surface area (Å²) in [6.07, 6.45) is 4.56. The van der Waals surface area contributed by atoms with Gasteiger partial charge in [-0.15, -0.1) is 11.8 Å². The Labute approximate surface area is 83.4 Å². The molecule has 0 aromatic carbocycles. The van der Waals surface area contributed by atoms with Crippen molar-refractivity contribution in [3.8, 4) is 0 Å². The molecule has 3 nitrogen and oxygen atoms in total. The third kappa shape index (κ3) is 4.00. The van der Waals surface area contributed by atoms with Crippen molar-refractivity contribution in [1.82, 2.24) is 0 Å². The van der Waals surface area contributed by atoms with Crippen LogP contribution in [-0.2, 0) is 9.53 Å². The second kappa shape index (κ2) is 5.50. The van der Waals surface area contributed by atoms with Gasteiger partial charge in [0.15, 0.2) is 0 Å². The number of esters is 1. The normalized spacial score (nSPS) is 28.5. The third-order valence-electron chi connectivity index (χ3n) is 2.33. The van der Waals surface area contributed by atoms with E-state index in [2.05, 4.69) is 4.74 Å². The van der Waals surface area contributed by atoms with Crippen LogP contribution in [0.3, 0.4) is 0 Å². The standard InChI is InChI=1S/C9H17NO2S/c1-12-9(11)6-13-8-4-2-3-7(10)5-8/h7-8H,2-6,10H2,1H3. The van der Waals surface area contributed by atoms with E-state index in [9.17, 15) is 4.79 Å². The molecule has 1 fully saturated rings. The second-order valence-electron chi connectivity index (χ2n) is 3.44. The average Bonchev–Trinajstić information content (AvgIpc) is 2.14. The van der Waals surface area contributed by atoms with Crippen LogP contribution in [0.1, 0.15) is 25.7 Å². The zero-order valence-corrected chi connectivity index (χ0v) is 8.81. The quantitative estimate of drug-likeness (QED) is 0.699. The topological polar surface area (TPSA) is 52.3 Å². The molecule has 76 valence electrons. The molecule has 1 rings (SSSR count). The largest absolute Gasteiger partial charge is 0.468 e. The van der Waals surface area contributed by atoms with E-state index in [1.807, 2.05) is 0 Å². The maximum atomic E-state index is 10.9. The van der Waals surface area contributed by atoms with Gasteiger partial charge in [-0.1, -0.05) is 6.42 Å². The molecular formula is C9H17NO2S. The zero-order valence-electron chi connectivity index (χ0n) is 7.99. The summed E-state index contributed by atoms with van der Waals surface area (Å²) in [5.74, 6) is 0.331. The van der Waals surface area contributed by atoms with Crippen molar-refractivity contribution in [2.24, 2.45) is 5.73 Å². The fourth-order valence-corrected chi connectivity index (χ4v) is 2.78. The maximum Gasteiger partial charge on any atom is 0.315 e. The van der Waals surface area contributed by atoms with E-state index in [0.29, 0.717) is 17.0 Å². The number of hydrogen-bond donors (Lipinski definition) is 1. The number of hydrogen-bond acceptors (Lipinski definition) is 4. The summed E-state index contributed by atoms with van der Waals surface area (Å²) >= 11 is 1.68. The van der Waals surface area contributed by atoms with Crippen LogP contribution in [0.15, 0.2) is 0 Å². The van der Waals surface area contributed by atoms with Crippen LogP contribution in [-0.4, -0.2) is 30.1 Å². The predicted octanol–water partition coefficient (Wildman–Crippen LogP) is 1.16. The first kappa shape index (κ1) is 10.9. The fraction of sp³-hybridized carbons (Fsp3) is 0.889. The van der Waals surface area contributed by atoms with Gasteiger partial charge in [-0.05, 0) is 19.3 Å².